The molecule has 0 N–H and O–H groups in total. The van der Waals surface area contributed by atoms with Crippen molar-refractivity contribution >= 4 is 20.4 Å². The molecule has 0 amide bonds. The zero-order valence-electron chi connectivity index (χ0n) is 12.4. The molecule has 1 aromatic heterocycles. The first-order valence-corrected chi connectivity index (χ1v) is 9.59. The first-order valence-electron chi connectivity index (χ1n) is 6.81. The molecular weight excluding hydrogens is 264 g/mol. The van der Waals surface area contributed by atoms with Crippen LogP contribution < -0.4 is 4.43 Å². The van der Waals surface area contributed by atoms with E-state index in [1.54, 1.807) is 0 Å². The van der Waals surface area contributed by atoms with Crippen molar-refractivity contribution in [2.75, 3.05) is 0 Å². The lowest BCUT2D eigenvalue weighted by Gasteiger charge is -2.12. The Morgan fingerprint density at radius 2 is 1.85 bits per heavy atom. The maximum atomic E-state index is 5.92. The monoisotopic (exact) mass is 284 g/mol. The summed E-state index contributed by atoms with van der Waals surface area (Å²) in [6.07, 6.45) is 0. The number of aromatic nitrogens is 1. The van der Waals surface area contributed by atoms with Crippen molar-refractivity contribution in [2.24, 2.45) is 4.99 Å². The Morgan fingerprint density at radius 1 is 1.10 bits per heavy atom. The highest BCUT2D eigenvalue weighted by molar-refractivity contribution is 6.49. The van der Waals surface area contributed by atoms with Gasteiger partial charge < -0.3 is 4.43 Å². The maximum Gasteiger partial charge on any atom is 0.229 e. The fraction of sp³-hybridized carbons (Fsp3) is 0.250. The SMILES string of the molecule is CC(=Nc1ccccc1O[SiH](C)C)c1cccc(C)n1. The van der Waals surface area contributed by atoms with Crippen LogP contribution >= 0.6 is 0 Å². The second-order valence-corrected chi connectivity index (χ2v) is 7.33. The highest BCUT2D eigenvalue weighted by Crippen LogP contribution is 2.28. The van der Waals surface area contributed by atoms with Gasteiger partial charge in [0, 0.05) is 5.69 Å². The molecule has 0 spiro atoms. The predicted molar refractivity (Wildman–Crippen MR) is 86.8 cm³/mol. The number of benzene rings is 1. The molecule has 0 aliphatic heterocycles. The van der Waals surface area contributed by atoms with Crippen LogP contribution in [0.25, 0.3) is 0 Å². The van der Waals surface area contributed by atoms with E-state index in [0.29, 0.717) is 0 Å². The van der Waals surface area contributed by atoms with Crippen LogP contribution in [0.5, 0.6) is 5.75 Å². The van der Waals surface area contributed by atoms with Gasteiger partial charge in [-0.3, -0.25) is 4.98 Å². The Bertz CT molecular complexity index is 623. The molecule has 0 fully saturated rings. The number of nitrogens with zero attached hydrogens (tertiary/aromatic N) is 2. The zero-order valence-corrected chi connectivity index (χ0v) is 13.6. The third-order valence-electron chi connectivity index (χ3n) is 2.78. The van der Waals surface area contributed by atoms with Crippen molar-refractivity contribution in [1.29, 1.82) is 0 Å². The minimum Gasteiger partial charge on any atom is -0.546 e. The molecule has 0 atom stereocenters. The third kappa shape index (κ3) is 3.77. The Labute approximate surface area is 122 Å². The van der Waals surface area contributed by atoms with Crippen LogP contribution in [0.4, 0.5) is 5.69 Å². The number of pyridine rings is 1. The van der Waals surface area contributed by atoms with Crippen molar-refractivity contribution in [2.45, 2.75) is 26.9 Å². The second kappa shape index (κ2) is 6.48. The fourth-order valence-corrected chi connectivity index (χ4v) is 2.59. The molecule has 0 radical (unpaired) electrons. The van der Waals surface area contributed by atoms with E-state index in [9.17, 15) is 0 Å². The van der Waals surface area contributed by atoms with Gasteiger partial charge in [-0.15, -0.1) is 0 Å². The van der Waals surface area contributed by atoms with Crippen LogP contribution in [-0.2, 0) is 0 Å². The summed E-state index contributed by atoms with van der Waals surface area (Å²) < 4.78 is 5.92. The van der Waals surface area contributed by atoms with E-state index in [4.69, 9.17) is 4.43 Å². The summed E-state index contributed by atoms with van der Waals surface area (Å²) in [6.45, 7) is 8.26. The summed E-state index contributed by atoms with van der Waals surface area (Å²) in [5, 5.41) is 0. The van der Waals surface area contributed by atoms with Crippen LogP contribution in [0, 0.1) is 6.92 Å². The number of para-hydroxylation sites is 2. The van der Waals surface area contributed by atoms with Gasteiger partial charge >= 0.3 is 0 Å². The van der Waals surface area contributed by atoms with Crippen molar-refractivity contribution in [3.63, 3.8) is 0 Å². The van der Waals surface area contributed by atoms with E-state index < -0.39 is 9.04 Å². The summed E-state index contributed by atoms with van der Waals surface area (Å²) in [5.41, 5.74) is 3.67. The van der Waals surface area contributed by atoms with Gasteiger partial charge in [0.05, 0.1) is 11.4 Å². The van der Waals surface area contributed by atoms with Gasteiger partial charge in [0.1, 0.15) is 11.4 Å². The second-order valence-electron chi connectivity index (χ2n) is 5.00. The average molecular weight is 284 g/mol. The normalized spacial score (nSPS) is 11.8. The highest BCUT2D eigenvalue weighted by atomic mass is 28.3. The minimum absolute atomic E-state index is 0.862. The number of hydrogen-bond acceptors (Lipinski definition) is 3. The van der Waals surface area contributed by atoms with Crippen LogP contribution in [0.1, 0.15) is 18.3 Å². The van der Waals surface area contributed by atoms with Crippen molar-refractivity contribution in [3.05, 3.63) is 53.9 Å². The van der Waals surface area contributed by atoms with Crippen LogP contribution in [0.2, 0.25) is 13.1 Å². The van der Waals surface area contributed by atoms with Crippen molar-refractivity contribution in [3.8, 4) is 5.75 Å². The van der Waals surface area contributed by atoms with Gasteiger partial charge in [-0.2, -0.15) is 0 Å². The van der Waals surface area contributed by atoms with Gasteiger partial charge in [0.15, 0.2) is 0 Å². The molecule has 1 aromatic carbocycles. The van der Waals surface area contributed by atoms with E-state index in [0.717, 1.165) is 28.5 Å². The van der Waals surface area contributed by atoms with E-state index in [1.165, 1.54) is 0 Å². The Balaban J connectivity index is 2.35. The molecule has 104 valence electrons. The number of aryl methyl sites for hydroxylation is 1. The van der Waals surface area contributed by atoms with Gasteiger partial charge in [0.2, 0.25) is 9.04 Å². The van der Waals surface area contributed by atoms with Gasteiger partial charge in [-0.1, -0.05) is 18.2 Å². The minimum atomic E-state index is -1.14. The molecule has 3 nitrogen and oxygen atoms in total. The lowest BCUT2D eigenvalue weighted by Crippen LogP contribution is -2.11. The van der Waals surface area contributed by atoms with E-state index >= 15 is 0 Å². The maximum absolute atomic E-state index is 5.92. The van der Waals surface area contributed by atoms with Crippen LogP contribution in [0.3, 0.4) is 0 Å². The van der Waals surface area contributed by atoms with Crippen molar-refractivity contribution in [1.82, 2.24) is 4.98 Å². The molecule has 4 heteroatoms. The molecule has 0 saturated carbocycles. The number of aliphatic imine (C=N–C) groups is 1. The Hall–Kier alpha value is -1.94. The number of hydrogen-bond donors (Lipinski definition) is 0. The summed E-state index contributed by atoms with van der Waals surface area (Å²) in [6, 6.07) is 13.9. The van der Waals surface area contributed by atoms with Crippen molar-refractivity contribution < 1.29 is 4.43 Å². The van der Waals surface area contributed by atoms with E-state index in [-0.39, 0.29) is 0 Å². The topological polar surface area (TPSA) is 34.5 Å². The molecule has 1 heterocycles. The standard InChI is InChI=1S/C16H20N2OSi/c1-12-8-7-10-14(17-12)13(2)18-15-9-5-6-11-16(15)19-20(3)4/h5-11,20H,1-4H3. The number of rotatable bonds is 4. The summed E-state index contributed by atoms with van der Waals surface area (Å²) in [7, 11) is -1.14. The molecule has 0 unspecified atom stereocenters. The van der Waals surface area contributed by atoms with E-state index in [1.807, 2.05) is 56.3 Å². The molecule has 0 aliphatic rings. The van der Waals surface area contributed by atoms with Gasteiger partial charge in [0.25, 0.3) is 0 Å². The first kappa shape index (κ1) is 14.5. The van der Waals surface area contributed by atoms with E-state index in [2.05, 4.69) is 23.1 Å². The third-order valence-corrected chi connectivity index (χ3v) is 3.50. The molecule has 0 aliphatic carbocycles. The lowest BCUT2D eigenvalue weighted by molar-refractivity contribution is 0.582. The quantitative estimate of drug-likeness (QED) is 0.630. The van der Waals surface area contributed by atoms with Crippen LogP contribution in [0.15, 0.2) is 47.5 Å². The van der Waals surface area contributed by atoms with Gasteiger partial charge in [-0.25, -0.2) is 4.99 Å². The highest BCUT2D eigenvalue weighted by Gasteiger charge is 2.06. The first-order chi connectivity index (χ1) is 9.56. The predicted octanol–water partition coefficient (Wildman–Crippen LogP) is 3.89. The molecule has 20 heavy (non-hydrogen) atoms. The molecular formula is C16H20N2OSi. The largest absolute Gasteiger partial charge is 0.546 e. The van der Waals surface area contributed by atoms with Gasteiger partial charge in [-0.05, 0) is 51.2 Å². The zero-order chi connectivity index (χ0) is 14.5. The van der Waals surface area contributed by atoms with Crippen LogP contribution in [-0.4, -0.2) is 19.7 Å². The molecule has 0 saturated heterocycles. The molecule has 2 rings (SSSR count). The Morgan fingerprint density at radius 3 is 2.55 bits per heavy atom. The summed E-state index contributed by atoms with van der Waals surface area (Å²) in [5.74, 6) is 0.862. The Kier molecular flexibility index (Phi) is 4.68. The fourth-order valence-electron chi connectivity index (χ4n) is 1.89. The molecule has 0 bridgehead atoms. The smallest absolute Gasteiger partial charge is 0.229 e. The average Bonchev–Trinajstić information content (AvgIpc) is 2.40. The summed E-state index contributed by atoms with van der Waals surface area (Å²) >= 11 is 0. The summed E-state index contributed by atoms with van der Waals surface area (Å²) in [4.78, 5) is 9.17. The lowest BCUT2D eigenvalue weighted by atomic mass is 10.2. The molecule has 2 aromatic rings.